The quantitative estimate of drug-likeness (QED) is 0.800. The highest BCUT2D eigenvalue weighted by Crippen LogP contribution is 2.28. The molecule has 1 N–H and O–H groups in total. The third kappa shape index (κ3) is 2.66. The average molecular weight is 222 g/mol. The minimum Gasteiger partial charge on any atom is -0.465 e. The lowest BCUT2D eigenvalue weighted by molar-refractivity contribution is 0.244. The van der Waals surface area contributed by atoms with Crippen molar-refractivity contribution in [1.82, 2.24) is 10.2 Å². The van der Waals surface area contributed by atoms with E-state index in [2.05, 4.69) is 23.2 Å². The smallest absolute Gasteiger partial charge is 0.118 e. The van der Waals surface area contributed by atoms with Crippen LogP contribution in [0.5, 0.6) is 0 Å². The number of rotatable bonds is 6. The lowest BCUT2D eigenvalue weighted by atomic mass is 10.2. The number of aryl methyl sites for hydroxylation is 1. The van der Waals surface area contributed by atoms with Crippen molar-refractivity contribution in [2.45, 2.75) is 45.8 Å². The van der Waals surface area contributed by atoms with Crippen LogP contribution in [0.15, 0.2) is 10.5 Å². The van der Waals surface area contributed by atoms with Crippen molar-refractivity contribution >= 4 is 0 Å². The third-order valence-electron chi connectivity index (χ3n) is 3.27. The molecular formula is C13H22N2O. The van der Waals surface area contributed by atoms with Gasteiger partial charge < -0.3 is 9.73 Å². The van der Waals surface area contributed by atoms with E-state index in [0.29, 0.717) is 0 Å². The first-order valence-electron chi connectivity index (χ1n) is 6.21. The molecule has 0 atom stereocenters. The number of nitrogens with one attached hydrogen (secondary N) is 1. The highest BCUT2D eigenvalue weighted by Gasteiger charge is 2.28. The Morgan fingerprint density at radius 3 is 2.81 bits per heavy atom. The van der Waals surface area contributed by atoms with Crippen LogP contribution in [0.2, 0.25) is 0 Å². The van der Waals surface area contributed by atoms with Gasteiger partial charge in [0.2, 0.25) is 0 Å². The van der Waals surface area contributed by atoms with E-state index in [-0.39, 0.29) is 0 Å². The Labute approximate surface area is 97.8 Å². The number of furan rings is 1. The van der Waals surface area contributed by atoms with Gasteiger partial charge in [0.1, 0.15) is 11.5 Å². The average Bonchev–Trinajstić information content (AvgIpc) is 3.04. The fourth-order valence-corrected chi connectivity index (χ4v) is 2.17. The Balaban J connectivity index is 2.00. The fourth-order valence-electron chi connectivity index (χ4n) is 2.17. The van der Waals surface area contributed by atoms with Crippen LogP contribution in [0, 0.1) is 6.92 Å². The Morgan fingerprint density at radius 1 is 1.50 bits per heavy atom. The van der Waals surface area contributed by atoms with Crippen LogP contribution in [0.1, 0.15) is 36.8 Å². The summed E-state index contributed by atoms with van der Waals surface area (Å²) in [5, 5.41) is 3.17. The molecule has 0 saturated heterocycles. The molecule has 1 saturated carbocycles. The van der Waals surface area contributed by atoms with Crippen LogP contribution >= 0.6 is 0 Å². The predicted molar refractivity (Wildman–Crippen MR) is 65.3 cm³/mol. The van der Waals surface area contributed by atoms with Crippen LogP contribution in [-0.4, -0.2) is 24.5 Å². The molecule has 1 heterocycles. The molecule has 1 aliphatic rings. The van der Waals surface area contributed by atoms with Crippen molar-refractivity contribution in [3.63, 3.8) is 0 Å². The summed E-state index contributed by atoms with van der Waals surface area (Å²) < 4.78 is 5.80. The molecule has 0 spiro atoms. The lowest BCUT2D eigenvalue weighted by Crippen LogP contribution is -2.24. The van der Waals surface area contributed by atoms with Gasteiger partial charge in [0.15, 0.2) is 0 Å². The molecule has 1 aliphatic carbocycles. The van der Waals surface area contributed by atoms with Gasteiger partial charge in [0, 0.05) is 18.2 Å². The normalized spacial score (nSPS) is 16.0. The van der Waals surface area contributed by atoms with E-state index < -0.39 is 0 Å². The Morgan fingerprint density at radius 2 is 2.25 bits per heavy atom. The molecule has 1 aromatic heterocycles. The van der Waals surface area contributed by atoms with E-state index in [9.17, 15) is 0 Å². The second kappa shape index (κ2) is 5.02. The molecular weight excluding hydrogens is 200 g/mol. The maximum Gasteiger partial charge on any atom is 0.118 e. The molecule has 1 fully saturated rings. The SMILES string of the molecule is CCN(Cc1cc(CNC)c(C)o1)C1CC1. The van der Waals surface area contributed by atoms with Crippen LogP contribution in [0.4, 0.5) is 0 Å². The molecule has 0 bridgehead atoms. The molecule has 0 aromatic carbocycles. The second-order valence-corrected chi connectivity index (χ2v) is 4.62. The van der Waals surface area contributed by atoms with Crippen molar-refractivity contribution in [2.24, 2.45) is 0 Å². The molecule has 16 heavy (non-hydrogen) atoms. The molecule has 0 amide bonds. The second-order valence-electron chi connectivity index (χ2n) is 4.62. The zero-order valence-corrected chi connectivity index (χ0v) is 10.5. The first-order valence-corrected chi connectivity index (χ1v) is 6.21. The van der Waals surface area contributed by atoms with Crippen molar-refractivity contribution in [3.05, 3.63) is 23.2 Å². The first-order chi connectivity index (χ1) is 7.74. The Hall–Kier alpha value is -0.800. The molecule has 0 radical (unpaired) electrons. The Kier molecular flexibility index (Phi) is 3.66. The maximum atomic E-state index is 5.80. The van der Waals surface area contributed by atoms with Crippen LogP contribution < -0.4 is 5.32 Å². The van der Waals surface area contributed by atoms with E-state index in [4.69, 9.17) is 4.42 Å². The van der Waals surface area contributed by atoms with Crippen LogP contribution in [0.3, 0.4) is 0 Å². The summed E-state index contributed by atoms with van der Waals surface area (Å²) in [5.74, 6) is 2.16. The molecule has 0 aliphatic heterocycles. The minimum atomic E-state index is 0.808. The van der Waals surface area contributed by atoms with Crippen LogP contribution in [-0.2, 0) is 13.1 Å². The summed E-state index contributed by atoms with van der Waals surface area (Å²) in [5.41, 5.74) is 1.28. The third-order valence-corrected chi connectivity index (χ3v) is 3.27. The van der Waals surface area contributed by atoms with Crippen LogP contribution in [0.25, 0.3) is 0 Å². The summed E-state index contributed by atoms with van der Waals surface area (Å²) in [6, 6.07) is 3.00. The van der Waals surface area contributed by atoms with Gasteiger partial charge in [-0.1, -0.05) is 6.92 Å². The molecule has 1 aromatic rings. The molecule has 0 unspecified atom stereocenters. The van der Waals surface area contributed by atoms with E-state index in [1.54, 1.807) is 0 Å². The van der Waals surface area contributed by atoms with E-state index >= 15 is 0 Å². The van der Waals surface area contributed by atoms with Crippen molar-refractivity contribution < 1.29 is 4.42 Å². The summed E-state index contributed by atoms with van der Waals surface area (Å²) in [6.07, 6.45) is 2.72. The van der Waals surface area contributed by atoms with Gasteiger partial charge in [-0.05, 0) is 39.4 Å². The molecule has 3 nitrogen and oxygen atoms in total. The van der Waals surface area contributed by atoms with Gasteiger partial charge in [-0.25, -0.2) is 0 Å². The monoisotopic (exact) mass is 222 g/mol. The lowest BCUT2D eigenvalue weighted by Gasteiger charge is -2.17. The van der Waals surface area contributed by atoms with E-state index in [0.717, 1.165) is 37.2 Å². The topological polar surface area (TPSA) is 28.4 Å². The van der Waals surface area contributed by atoms with Crippen molar-refractivity contribution in [1.29, 1.82) is 0 Å². The standard InChI is InChI=1S/C13H22N2O/c1-4-15(12-5-6-12)9-13-7-11(8-14-3)10(2)16-13/h7,12,14H,4-6,8-9H2,1-3H3. The molecule has 3 heteroatoms. The van der Waals surface area contributed by atoms with Crippen molar-refractivity contribution in [2.75, 3.05) is 13.6 Å². The highest BCUT2D eigenvalue weighted by atomic mass is 16.3. The van der Waals surface area contributed by atoms with Gasteiger partial charge in [-0.2, -0.15) is 0 Å². The maximum absolute atomic E-state index is 5.80. The zero-order chi connectivity index (χ0) is 11.5. The van der Waals surface area contributed by atoms with Gasteiger partial charge in [-0.3, -0.25) is 4.90 Å². The summed E-state index contributed by atoms with van der Waals surface area (Å²) in [6.45, 7) is 7.24. The van der Waals surface area contributed by atoms with E-state index in [1.165, 1.54) is 18.4 Å². The number of hydrogen-bond donors (Lipinski definition) is 1. The van der Waals surface area contributed by atoms with Gasteiger partial charge >= 0.3 is 0 Å². The molecule has 2 rings (SSSR count). The van der Waals surface area contributed by atoms with Gasteiger partial charge in [0.05, 0.1) is 6.54 Å². The number of hydrogen-bond acceptors (Lipinski definition) is 3. The largest absolute Gasteiger partial charge is 0.465 e. The predicted octanol–water partition coefficient (Wildman–Crippen LogP) is 2.29. The Bertz CT molecular complexity index is 342. The summed E-state index contributed by atoms with van der Waals surface area (Å²) >= 11 is 0. The first kappa shape index (κ1) is 11.7. The summed E-state index contributed by atoms with van der Waals surface area (Å²) in [4.78, 5) is 2.50. The zero-order valence-electron chi connectivity index (χ0n) is 10.5. The van der Waals surface area contributed by atoms with E-state index in [1.807, 2.05) is 14.0 Å². The highest BCUT2D eigenvalue weighted by molar-refractivity contribution is 5.20. The van der Waals surface area contributed by atoms with Crippen molar-refractivity contribution in [3.8, 4) is 0 Å². The van der Waals surface area contributed by atoms with Gasteiger partial charge in [0.25, 0.3) is 0 Å². The minimum absolute atomic E-state index is 0.808. The fraction of sp³-hybridized carbons (Fsp3) is 0.692. The van der Waals surface area contributed by atoms with Gasteiger partial charge in [-0.15, -0.1) is 0 Å². The summed E-state index contributed by atoms with van der Waals surface area (Å²) in [7, 11) is 1.97. The number of nitrogens with zero attached hydrogens (tertiary/aromatic N) is 1. The molecule has 90 valence electrons.